The molecule has 0 spiro atoms. The van der Waals surface area contributed by atoms with E-state index in [1.165, 1.54) is 71.6 Å². The second kappa shape index (κ2) is 31.8. The number of carboxylic acid groups (broad SMARTS) is 2. The zero-order valence-corrected chi connectivity index (χ0v) is 31.8. The average Bonchev–Trinajstić information content (AvgIpc) is 3.06. The number of hydrogen-bond acceptors (Lipinski definition) is 9. The highest BCUT2D eigenvalue weighted by atomic mass is 32.2. The van der Waals surface area contributed by atoms with Gasteiger partial charge in [-0.3, -0.25) is 24.0 Å². The molecule has 0 heterocycles. The first kappa shape index (κ1) is 48.1. The number of unbranched alkanes of at least 4 members (excludes halogenated alkanes) is 16. The highest BCUT2D eigenvalue weighted by Gasteiger charge is 2.21. The van der Waals surface area contributed by atoms with Crippen molar-refractivity contribution in [3.63, 3.8) is 0 Å². The molecule has 0 saturated carbocycles. The van der Waals surface area contributed by atoms with E-state index in [1.807, 2.05) is 0 Å². The van der Waals surface area contributed by atoms with Gasteiger partial charge in [0.25, 0.3) is 0 Å². The summed E-state index contributed by atoms with van der Waals surface area (Å²) >= 11 is 0.701. The molecule has 0 unspecified atom stereocenters. The zero-order valence-electron chi connectivity index (χ0n) is 30.9. The Labute approximate surface area is 310 Å². The van der Waals surface area contributed by atoms with Crippen LogP contribution in [0, 0.1) is 0 Å². The highest BCUT2D eigenvalue weighted by Crippen LogP contribution is 2.15. The molecule has 2 radical (unpaired) electrons. The molecule has 0 bridgehead atoms. The van der Waals surface area contributed by atoms with Crippen molar-refractivity contribution in [2.75, 3.05) is 6.54 Å². The lowest BCUT2D eigenvalue weighted by Gasteiger charge is -2.17. The first-order valence-corrected chi connectivity index (χ1v) is 19.7. The normalized spacial score (nSPS) is 12.7. The van der Waals surface area contributed by atoms with Crippen LogP contribution in [0.15, 0.2) is 0 Å². The molecule has 13 nitrogen and oxygen atoms in total. The van der Waals surface area contributed by atoms with Crippen molar-refractivity contribution < 1.29 is 43.8 Å². The van der Waals surface area contributed by atoms with E-state index in [0.717, 1.165) is 38.5 Å². The Morgan fingerprint density at radius 1 is 0.588 bits per heavy atom. The number of nitrogens with one attached hydrogen (secondary N) is 4. The lowest BCUT2D eigenvalue weighted by molar-refractivity contribution is -0.142. The number of carboxylic acids is 2. The maximum Gasteiger partial charge on any atom is 0.326 e. The standard InChI is InChI=1S/C36H63BN4O9S/c1-27(39-28(2)42)36(50)51-41-29(34(37)47)21-19-20-26-38-31(43)25-24-30(35(48)49)40-32(44)22-17-15-13-11-9-7-5-3-4-6-8-10-12-14-16-18-23-33(45)46/h27,29-30,41H,3-26H2,1-2H3,(H,38,43)(H,39,42)(H,40,44)(H,45,46)(H,48,49)/t27-,29-,30-/m0/s1. The summed E-state index contributed by atoms with van der Waals surface area (Å²) in [6, 6.07) is -2.65. The molecule has 0 aliphatic heterocycles. The van der Waals surface area contributed by atoms with Crippen LogP contribution in [0.3, 0.4) is 0 Å². The van der Waals surface area contributed by atoms with Crippen molar-refractivity contribution in [3.8, 4) is 0 Å². The summed E-state index contributed by atoms with van der Waals surface area (Å²) < 4.78 is 2.73. The monoisotopic (exact) mass is 738 g/mol. The molecule has 0 saturated heterocycles. The van der Waals surface area contributed by atoms with Crippen molar-refractivity contribution >= 4 is 60.3 Å². The van der Waals surface area contributed by atoms with E-state index in [9.17, 15) is 38.7 Å². The van der Waals surface area contributed by atoms with Crippen LogP contribution in [-0.2, 0) is 33.6 Å². The Morgan fingerprint density at radius 2 is 1.08 bits per heavy atom. The van der Waals surface area contributed by atoms with Crippen molar-refractivity contribution in [1.82, 2.24) is 20.7 Å². The SMILES string of the molecule is [B]C(=O)[C@H](CCCCNC(=O)CC[C@H](NC(=O)CCCCCCCCCCCCCCCCCCC(=O)O)C(=O)O)NSC(=O)[C@H](C)NC(C)=O. The predicted octanol–water partition coefficient (Wildman–Crippen LogP) is 5.08. The van der Waals surface area contributed by atoms with Crippen molar-refractivity contribution in [2.45, 2.75) is 180 Å². The molecule has 51 heavy (non-hydrogen) atoms. The summed E-state index contributed by atoms with van der Waals surface area (Å²) in [5, 5.41) is 25.5. The van der Waals surface area contributed by atoms with Gasteiger partial charge < -0.3 is 31.0 Å². The Kier molecular flexibility index (Phi) is 29.9. The van der Waals surface area contributed by atoms with Crippen LogP contribution in [0.1, 0.15) is 162 Å². The second-order valence-electron chi connectivity index (χ2n) is 13.3. The van der Waals surface area contributed by atoms with E-state index in [2.05, 4.69) is 20.7 Å². The lowest BCUT2D eigenvalue weighted by atomic mass is 9.92. The Morgan fingerprint density at radius 3 is 1.53 bits per heavy atom. The van der Waals surface area contributed by atoms with Gasteiger partial charge in [-0.05, 0) is 57.4 Å². The number of rotatable bonds is 34. The average molecular weight is 739 g/mol. The minimum atomic E-state index is -1.19. The molecule has 15 heteroatoms. The number of aliphatic carboxylic acids is 2. The maximum atomic E-state index is 12.3. The van der Waals surface area contributed by atoms with Crippen LogP contribution in [0.5, 0.6) is 0 Å². The van der Waals surface area contributed by atoms with Gasteiger partial charge in [0.1, 0.15) is 6.04 Å². The molecule has 6 N–H and O–H groups in total. The Bertz CT molecular complexity index is 1050. The zero-order chi connectivity index (χ0) is 38.3. The topological polar surface area (TPSA) is 208 Å². The quantitative estimate of drug-likeness (QED) is 0.0291. The summed E-state index contributed by atoms with van der Waals surface area (Å²) in [7, 11) is 5.41. The van der Waals surface area contributed by atoms with E-state index in [1.54, 1.807) is 0 Å². The third-order valence-electron chi connectivity index (χ3n) is 8.50. The number of hydrogen-bond donors (Lipinski definition) is 6. The lowest BCUT2D eigenvalue weighted by Crippen LogP contribution is -2.41. The Hall–Kier alpha value is -2.94. The molecule has 0 aromatic heterocycles. The smallest absolute Gasteiger partial charge is 0.326 e. The third-order valence-corrected chi connectivity index (χ3v) is 9.46. The van der Waals surface area contributed by atoms with Gasteiger partial charge in [0.2, 0.25) is 22.8 Å². The van der Waals surface area contributed by atoms with Gasteiger partial charge in [-0.2, -0.15) is 0 Å². The number of carbonyl (C=O) groups is 7. The fourth-order valence-electron chi connectivity index (χ4n) is 5.47. The molecule has 0 aliphatic rings. The third kappa shape index (κ3) is 30.4. The van der Waals surface area contributed by atoms with E-state index < -0.39 is 35.7 Å². The fraction of sp³-hybridized carbons (Fsp3) is 0.806. The summed E-state index contributed by atoms with van der Waals surface area (Å²) in [6.07, 6.45) is 19.6. The molecule has 3 amide bonds. The Balaban J connectivity index is 3.90. The first-order chi connectivity index (χ1) is 24.3. The van der Waals surface area contributed by atoms with Crippen molar-refractivity contribution in [3.05, 3.63) is 0 Å². The molecule has 0 aliphatic carbocycles. The van der Waals surface area contributed by atoms with Crippen LogP contribution >= 0.6 is 11.9 Å². The van der Waals surface area contributed by atoms with Gasteiger partial charge in [-0.1, -0.05) is 89.9 Å². The number of carbonyl (C=O) groups excluding carboxylic acids is 5. The molecular weight excluding hydrogens is 675 g/mol. The van der Waals surface area contributed by atoms with Gasteiger partial charge in [-0.15, -0.1) is 0 Å². The van der Waals surface area contributed by atoms with E-state index in [4.69, 9.17) is 13.0 Å². The highest BCUT2D eigenvalue weighted by molar-refractivity contribution is 8.12. The van der Waals surface area contributed by atoms with E-state index >= 15 is 0 Å². The summed E-state index contributed by atoms with van der Waals surface area (Å²) in [5.41, 5.74) is -0.630. The first-order valence-electron chi connectivity index (χ1n) is 18.9. The van der Waals surface area contributed by atoms with Gasteiger partial charge in [-0.25, -0.2) is 9.52 Å². The molecule has 0 aromatic carbocycles. The van der Waals surface area contributed by atoms with Gasteiger partial charge in [0.15, 0.2) is 7.85 Å². The van der Waals surface area contributed by atoms with Crippen LogP contribution in [0.4, 0.5) is 0 Å². The summed E-state index contributed by atoms with van der Waals surface area (Å²) in [6.45, 7) is 3.14. The minimum absolute atomic E-state index is 0.0289. The maximum absolute atomic E-state index is 12.3. The van der Waals surface area contributed by atoms with E-state index in [-0.39, 0.29) is 48.5 Å². The van der Waals surface area contributed by atoms with Gasteiger partial charge in [0, 0.05) is 32.7 Å². The van der Waals surface area contributed by atoms with Crippen molar-refractivity contribution in [1.29, 1.82) is 0 Å². The van der Waals surface area contributed by atoms with Crippen LogP contribution in [-0.4, -0.2) is 83.2 Å². The molecular formula is C36H63BN4O9S. The predicted molar refractivity (Wildman–Crippen MR) is 200 cm³/mol. The minimum Gasteiger partial charge on any atom is -0.481 e. The number of amides is 3. The fourth-order valence-corrected chi connectivity index (χ4v) is 6.19. The van der Waals surface area contributed by atoms with Crippen LogP contribution < -0.4 is 20.7 Å². The molecule has 0 fully saturated rings. The second-order valence-corrected chi connectivity index (χ2v) is 14.2. The van der Waals surface area contributed by atoms with Gasteiger partial charge in [0.05, 0.1) is 17.8 Å². The summed E-state index contributed by atoms with van der Waals surface area (Å²) in [4.78, 5) is 81.6. The van der Waals surface area contributed by atoms with Crippen molar-refractivity contribution in [2.24, 2.45) is 0 Å². The van der Waals surface area contributed by atoms with E-state index in [0.29, 0.717) is 44.2 Å². The molecule has 3 atom stereocenters. The molecule has 0 aromatic rings. The largest absolute Gasteiger partial charge is 0.481 e. The van der Waals surface area contributed by atoms with Crippen LogP contribution in [0.2, 0.25) is 0 Å². The molecule has 0 rings (SSSR count). The van der Waals surface area contributed by atoms with Crippen LogP contribution in [0.25, 0.3) is 0 Å². The summed E-state index contributed by atoms with van der Waals surface area (Å²) in [5.74, 6) is -2.91. The van der Waals surface area contributed by atoms with Gasteiger partial charge >= 0.3 is 11.9 Å². The molecule has 290 valence electrons.